The monoisotopic (exact) mass is 249 g/mol. The van der Waals surface area contributed by atoms with E-state index in [9.17, 15) is 4.79 Å². The Kier molecular flexibility index (Phi) is 4.59. The maximum absolute atomic E-state index is 10.8. The molecule has 4 heteroatoms. The van der Waals surface area contributed by atoms with E-state index in [2.05, 4.69) is 5.32 Å². The van der Waals surface area contributed by atoms with Crippen molar-refractivity contribution in [3.8, 4) is 5.75 Å². The maximum Gasteiger partial charge on any atom is 0.335 e. The molecule has 0 bridgehead atoms. The molecule has 0 unspecified atom stereocenters. The average Bonchev–Trinajstić information content (AvgIpc) is 2.40. The fourth-order valence-electron chi connectivity index (χ4n) is 2.23. The third-order valence-corrected chi connectivity index (χ3v) is 3.33. The van der Waals surface area contributed by atoms with Crippen LogP contribution in [0.4, 0.5) is 0 Å². The predicted octanol–water partition coefficient (Wildman–Crippen LogP) is 2.15. The topological polar surface area (TPSA) is 58.6 Å². The Balaban J connectivity index is 1.78. The number of hydrogen-bond acceptors (Lipinski definition) is 3. The van der Waals surface area contributed by atoms with Crippen LogP contribution in [0.5, 0.6) is 5.75 Å². The molecule has 18 heavy (non-hydrogen) atoms. The number of benzene rings is 1. The van der Waals surface area contributed by atoms with Crippen molar-refractivity contribution in [2.45, 2.75) is 19.3 Å². The molecular formula is C14H19NO3. The van der Waals surface area contributed by atoms with Crippen LogP contribution in [0.3, 0.4) is 0 Å². The Morgan fingerprint density at radius 3 is 2.89 bits per heavy atom. The van der Waals surface area contributed by atoms with E-state index in [0.29, 0.717) is 12.4 Å². The van der Waals surface area contributed by atoms with Gasteiger partial charge in [0.1, 0.15) is 5.75 Å². The summed E-state index contributed by atoms with van der Waals surface area (Å²) in [6.45, 7) is 2.85. The summed E-state index contributed by atoms with van der Waals surface area (Å²) in [6.07, 6.45) is 3.45. The molecule has 1 heterocycles. The highest BCUT2D eigenvalue weighted by atomic mass is 16.5. The van der Waals surface area contributed by atoms with E-state index in [-0.39, 0.29) is 5.56 Å². The standard InChI is InChI=1S/C14H19NO3/c16-14(17)12-2-1-3-13(10-12)18-9-6-11-4-7-15-8-5-11/h1-3,10-11,15H,4-9H2,(H,16,17). The van der Waals surface area contributed by atoms with Crippen molar-refractivity contribution < 1.29 is 14.6 Å². The van der Waals surface area contributed by atoms with Crippen LogP contribution < -0.4 is 10.1 Å². The summed E-state index contributed by atoms with van der Waals surface area (Å²) in [7, 11) is 0. The maximum atomic E-state index is 10.8. The van der Waals surface area contributed by atoms with E-state index >= 15 is 0 Å². The van der Waals surface area contributed by atoms with Gasteiger partial charge in [0.05, 0.1) is 12.2 Å². The lowest BCUT2D eigenvalue weighted by Gasteiger charge is -2.22. The van der Waals surface area contributed by atoms with Gasteiger partial charge in [-0.25, -0.2) is 4.79 Å². The first kappa shape index (κ1) is 12.9. The highest BCUT2D eigenvalue weighted by molar-refractivity contribution is 5.87. The summed E-state index contributed by atoms with van der Waals surface area (Å²) < 4.78 is 5.62. The zero-order valence-electron chi connectivity index (χ0n) is 10.4. The zero-order valence-corrected chi connectivity index (χ0v) is 10.4. The normalized spacial score (nSPS) is 16.4. The molecule has 0 aliphatic carbocycles. The van der Waals surface area contributed by atoms with Crippen LogP contribution >= 0.6 is 0 Å². The van der Waals surface area contributed by atoms with Gasteiger partial charge in [-0.15, -0.1) is 0 Å². The molecule has 1 aliphatic rings. The highest BCUT2D eigenvalue weighted by Gasteiger charge is 2.12. The summed E-state index contributed by atoms with van der Waals surface area (Å²) in [4.78, 5) is 10.8. The molecule has 0 aromatic heterocycles. The molecule has 1 saturated heterocycles. The summed E-state index contributed by atoms with van der Waals surface area (Å²) in [5.74, 6) is 0.455. The van der Waals surface area contributed by atoms with Gasteiger partial charge in [-0.1, -0.05) is 6.07 Å². The Morgan fingerprint density at radius 2 is 2.17 bits per heavy atom. The first-order valence-electron chi connectivity index (χ1n) is 6.42. The predicted molar refractivity (Wildman–Crippen MR) is 69.1 cm³/mol. The first-order valence-corrected chi connectivity index (χ1v) is 6.42. The molecule has 1 fully saturated rings. The van der Waals surface area contributed by atoms with Crippen LogP contribution in [0.2, 0.25) is 0 Å². The van der Waals surface area contributed by atoms with Crippen LogP contribution in [0.15, 0.2) is 24.3 Å². The fourth-order valence-corrected chi connectivity index (χ4v) is 2.23. The zero-order chi connectivity index (χ0) is 12.8. The van der Waals surface area contributed by atoms with Crippen molar-refractivity contribution in [1.29, 1.82) is 0 Å². The Hall–Kier alpha value is -1.55. The van der Waals surface area contributed by atoms with Crippen molar-refractivity contribution in [1.82, 2.24) is 5.32 Å². The van der Waals surface area contributed by atoms with E-state index in [1.54, 1.807) is 24.3 Å². The molecule has 0 radical (unpaired) electrons. The van der Waals surface area contributed by atoms with Gasteiger partial charge in [-0.2, -0.15) is 0 Å². The minimum atomic E-state index is -0.918. The third-order valence-electron chi connectivity index (χ3n) is 3.33. The molecule has 4 nitrogen and oxygen atoms in total. The average molecular weight is 249 g/mol. The van der Waals surface area contributed by atoms with E-state index in [1.165, 1.54) is 12.8 Å². The lowest BCUT2D eigenvalue weighted by Crippen LogP contribution is -2.28. The molecule has 1 aromatic rings. The smallest absolute Gasteiger partial charge is 0.335 e. The number of aromatic carboxylic acids is 1. The molecular weight excluding hydrogens is 230 g/mol. The van der Waals surface area contributed by atoms with E-state index < -0.39 is 5.97 Å². The second kappa shape index (κ2) is 6.40. The number of hydrogen-bond donors (Lipinski definition) is 2. The summed E-state index contributed by atoms with van der Waals surface area (Å²) >= 11 is 0. The number of carboxylic acid groups (broad SMARTS) is 1. The lowest BCUT2D eigenvalue weighted by atomic mass is 9.95. The van der Waals surface area contributed by atoms with Gasteiger partial charge in [0.2, 0.25) is 0 Å². The van der Waals surface area contributed by atoms with Gasteiger partial charge in [0.25, 0.3) is 0 Å². The molecule has 1 aromatic carbocycles. The molecule has 2 rings (SSSR count). The van der Waals surface area contributed by atoms with Crippen molar-refractivity contribution in [3.63, 3.8) is 0 Å². The summed E-state index contributed by atoms with van der Waals surface area (Å²) in [5, 5.41) is 12.2. The van der Waals surface area contributed by atoms with Crippen LogP contribution in [0, 0.1) is 5.92 Å². The number of carboxylic acids is 1. The van der Waals surface area contributed by atoms with Crippen LogP contribution in [-0.2, 0) is 0 Å². The molecule has 0 saturated carbocycles. The lowest BCUT2D eigenvalue weighted by molar-refractivity contribution is 0.0696. The Morgan fingerprint density at radius 1 is 1.39 bits per heavy atom. The van der Waals surface area contributed by atoms with Gasteiger partial charge in [0, 0.05) is 0 Å². The number of rotatable bonds is 5. The highest BCUT2D eigenvalue weighted by Crippen LogP contribution is 2.18. The van der Waals surface area contributed by atoms with Crippen molar-refractivity contribution in [3.05, 3.63) is 29.8 Å². The Labute approximate surface area is 107 Å². The fraction of sp³-hybridized carbons (Fsp3) is 0.500. The Bertz CT molecular complexity index is 400. The van der Waals surface area contributed by atoms with Crippen molar-refractivity contribution in [2.24, 2.45) is 5.92 Å². The minimum Gasteiger partial charge on any atom is -0.494 e. The number of ether oxygens (including phenoxy) is 1. The molecule has 1 aliphatic heterocycles. The molecule has 0 spiro atoms. The van der Waals surface area contributed by atoms with E-state index in [4.69, 9.17) is 9.84 Å². The molecule has 98 valence electrons. The van der Waals surface area contributed by atoms with Crippen molar-refractivity contribution >= 4 is 5.97 Å². The van der Waals surface area contributed by atoms with Crippen LogP contribution in [0.25, 0.3) is 0 Å². The molecule has 2 N–H and O–H groups in total. The largest absolute Gasteiger partial charge is 0.494 e. The minimum absolute atomic E-state index is 0.273. The summed E-state index contributed by atoms with van der Waals surface area (Å²) in [5.41, 5.74) is 0.273. The number of nitrogens with one attached hydrogen (secondary N) is 1. The van der Waals surface area contributed by atoms with Crippen molar-refractivity contribution in [2.75, 3.05) is 19.7 Å². The molecule has 0 amide bonds. The van der Waals surface area contributed by atoms with Gasteiger partial charge in [-0.05, 0) is 56.5 Å². The second-order valence-corrected chi connectivity index (χ2v) is 4.66. The first-order chi connectivity index (χ1) is 8.75. The number of carbonyl (C=O) groups is 1. The summed E-state index contributed by atoms with van der Waals surface area (Å²) in [6, 6.07) is 6.66. The van der Waals surface area contributed by atoms with Gasteiger partial charge in [0.15, 0.2) is 0 Å². The van der Waals surface area contributed by atoms with Gasteiger partial charge < -0.3 is 15.2 Å². The van der Waals surface area contributed by atoms with Crippen LogP contribution in [0.1, 0.15) is 29.6 Å². The third kappa shape index (κ3) is 3.74. The SMILES string of the molecule is O=C(O)c1cccc(OCCC2CCNCC2)c1. The number of piperidine rings is 1. The van der Waals surface area contributed by atoms with E-state index in [0.717, 1.165) is 25.4 Å². The quantitative estimate of drug-likeness (QED) is 0.839. The second-order valence-electron chi connectivity index (χ2n) is 4.66. The van der Waals surface area contributed by atoms with E-state index in [1.807, 2.05) is 0 Å². The van der Waals surface area contributed by atoms with Gasteiger partial charge in [-0.3, -0.25) is 0 Å². The van der Waals surface area contributed by atoms with Gasteiger partial charge >= 0.3 is 5.97 Å². The molecule has 0 atom stereocenters. The van der Waals surface area contributed by atoms with Crippen LogP contribution in [-0.4, -0.2) is 30.8 Å².